The van der Waals surface area contributed by atoms with Gasteiger partial charge in [-0.25, -0.2) is 14.8 Å². The van der Waals surface area contributed by atoms with Crippen LogP contribution in [0.25, 0.3) is 6.08 Å². The van der Waals surface area contributed by atoms with Crippen LogP contribution in [-0.4, -0.2) is 48.4 Å². The van der Waals surface area contributed by atoms with Crippen molar-refractivity contribution in [3.05, 3.63) is 70.6 Å². The van der Waals surface area contributed by atoms with Crippen molar-refractivity contribution in [1.29, 1.82) is 0 Å². The number of alkyl halides is 6. The molecular formula is C28H29F6N4O4+. The number of hydrogen-bond acceptors (Lipinski definition) is 6. The molecule has 1 aromatic heterocycles. The van der Waals surface area contributed by atoms with E-state index in [0.717, 1.165) is 29.5 Å². The Hall–Kier alpha value is -4.36. The molecule has 0 atom stereocenters. The predicted octanol–water partition coefficient (Wildman–Crippen LogP) is 3.82. The van der Waals surface area contributed by atoms with Gasteiger partial charge in [0.1, 0.15) is 17.0 Å². The number of halogens is 6. The summed E-state index contributed by atoms with van der Waals surface area (Å²) in [7, 11) is 0. The van der Waals surface area contributed by atoms with E-state index in [1.807, 2.05) is 12.1 Å². The predicted molar refractivity (Wildman–Crippen MR) is 140 cm³/mol. The van der Waals surface area contributed by atoms with Crippen LogP contribution in [0.2, 0.25) is 0 Å². The number of ether oxygens (including phenoxy) is 2. The van der Waals surface area contributed by atoms with Crippen molar-refractivity contribution in [3.63, 3.8) is 0 Å². The molecule has 0 unspecified atom stereocenters. The van der Waals surface area contributed by atoms with Crippen LogP contribution in [0.4, 0.5) is 26.3 Å². The molecule has 1 aliphatic carbocycles. The van der Waals surface area contributed by atoms with Gasteiger partial charge in [-0.1, -0.05) is 23.8 Å². The molecule has 1 heterocycles. The van der Waals surface area contributed by atoms with Gasteiger partial charge in [0, 0.05) is 18.3 Å². The van der Waals surface area contributed by atoms with E-state index in [1.54, 1.807) is 25.1 Å². The van der Waals surface area contributed by atoms with Gasteiger partial charge in [0.15, 0.2) is 6.21 Å². The Bertz CT molecular complexity index is 1340. The molecule has 0 spiro atoms. The molecule has 42 heavy (non-hydrogen) atoms. The summed E-state index contributed by atoms with van der Waals surface area (Å²) >= 11 is 0. The largest absolute Gasteiger partial charge is 0.461 e. The Labute approximate surface area is 237 Å². The van der Waals surface area contributed by atoms with E-state index < -0.39 is 53.6 Å². The highest BCUT2D eigenvalue weighted by Gasteiger charge is 2.37. The molecule has 8 nitrogen and oxygen atoms in total. The molecule has 1 fully saturated rings. The summed E-state index contributed by atoms with van der Waals surface area (Å²) in [5.74, 6) is -1.37. The van der Waals surface area contributed by atoms with Crippen LogP contribution < -0.4 is 20.8 Å². The normalized spacial score (nSPS) is 16.5. The number of allylic oxidation sites excluding steroid dienone is 2. The van der Waals surface area contributed by atoms with Gasteiger partial charge in [-0.3, -0.25) is 4.79 Å². The third-order valence-electron chi connectivity index (χ3n) is 6.12. The van der Waals surface area contributed by atoms with Crippen LogP contribution in [0.3, 0.4) is 0 Å². The highest BCUT2D eigenvalue weighted by Crippen LogP contribution is 2.31. The minimum Gasteiger partial charge on any atom is -0.461 e. The maximum atomic E-state index is 13.2. The molecular weight excluding hydrogens is 570 g/mol. The van der Waals surface area contributed by atoms with Gasteiger partial charge < -0.3 is 20.5 Å². The lowest BCUT2D eigenvalue weighted by atomic mass is 9.89. The molecule has 14 heteroatoms. The lowest BCUT2D eigenvalue weighted by Gasteiger charge is -2.25. The van der Waals surface area contributed by atoms with Crippen molar-refractivity contribution >= 4 is 24.2 Å². The first-order chi connectivity index (χ1) is 19.8. The second-order valence-electron chi connectivity index (χ2n) is 9.26. The van der Waals surface area contributed by atoms with Crippen LogP contribution in [0.15, 0.2) is 59.4 Å². The Kier molecular flexibility index (Phi) is 10.7. The van der Waals surface area contributed by atoms with E-state index >= 15 is 0 Å². The number of rotatable bonds is 9. The number of nitrogens with two attached hydrogens (primary N) is 1. The van der Waals surface area contributed by atoms with Gasteiger partial charge in [-0.15, -0.1) is 0 Å². The summed E-state index contributed by atoms with van der Waals surface area (Å²) in [4.78, 5) is 30.2. The van der Waals surface area contributed by atoms with Gasteiger partial charge in [0.2, 0.25) is 12.4 Å². The summed E-state index contributed by atoms with van der Waals surface area (Å²) in [6.07, 6.45) is -4.11. The van der Waals surface area contributed by atoms with E-state index in [4.69, 9.17) is 15.2 Å². The molecule has 0 radical (unpaired) electrons. The molecule has 3 rings (SSSR count). The smallest absolute Gasteiger partial charge is 0.431 e. The van der Waals surface area contributed by atoms with Crippen molar-refractivity contribution in [2.45, 2.75) is 51.0 Å². The number of pyridine rings is 1. The fourth-order valence-electron chi connectivity index (χ4n) is 4.04. The third kappa shape index (κ3) is 9.63. The topological polar surface area (TPSA) is 118 Å². The quantitative estimate of drug-likeness (QED) is 0.175. The number of carbonyl (C=O) groups is 2. The van der Waals surface area contributed by atoms with E-state index in [1.165, 1.54) is 0 Å². The van der Waals surface area contributed by atoms with Crippen molar-refractivity contribution in [3.8, 4) is 11.6 Å². The number of aromatic nitrogens is 1. The number of amides is 1. The molecule has 2 aromatic rings. The van der Waals surface area contributed by atoms with Gasteiger partial charge in [0.25, 0.3) is 5.91 Å². The minimum atomic E-state index is -4.96. The maximum absolute atomic E-state index is 13.2. The van der Waals surface area contributed by atoms with Crippen LogP contribution in [0.5, 0.6) is 11.6 Å². The van der Waals surface area contributed by atoms with Crippen molar-refractivity contribution in [2.75, 3.05) is 13.2 Å². The molecule has 1 aromatic carbocycles. The Morgan fingerprint density at radius 2 is 1.83 bits per heavy atom. The van der Waals surface area contributed by atoms with Crippen LogP contribution in [0, 0.1) is 0 Å². The van der Waals surface area contributed by atoms with Crippen LogP contribution in [0.1, 0.15) is 43.7 Å². The lowest BCUT2D eigenvalue weighted by molar-refractivity contribution is -0.441. The molecule has 1 saturated carbocycles. The molecule has 226 valence electrons. The number of hydrogen-bond donors (Lipinski definition) is 3. The van der Waals surface area contributed by atoms with Gasteiger partial charge in [-0.05, 0) is 56.4 Å². The lowest BCUT2D eigenvalue weighted by Crippen LogP contribution is -2.72. The first kappa shape index (κ1) is 32.2. The number of carbonyl (C=O) groups excluding carboxylic acids is 2. The summed E-state index contributed by atoms with van der Waals surface area (Å²) < 4.78 is 88.2. The number of benzene rings is 1. The number of nitrogens with one attached hydrogen (secondary N) is 2. The minimum absolute atomic E-state index is 0.00281. The van der Waals surface area contributed by atoms with Crippen molar-refractivity contribution < 1.29 is 50.4 Å². The summed E-state index contributed by atoms with van der Waals surface area (Å²) in [5, 5.41) is 2.58. The second kappa shape index (κ2) is 14.0. The van der Waals surface area contributed by atoms with Gasteiger partial charge in [0.05, 0.1) is 12.2 Å². The van der Waals surface area contributed by atoms with Crippen LogP contribution >= 0.6 is 0 Å². The van der Waals surface area contributed by atoms with E-state index in [2.05, 4.69) is 15.3 Å². The number of nitrogens with zero attached hydrogens (tertiary/aromatic N) is 1. The third-order valence-corrected chi connectivity index (χ3v) is 6.12. The molecule has 1 amide bonds. The van der Waals surface area contributed by atoms with E-state index in [9.17, 15) is 35.9 Å². The monoisotopic (exact) mass is 599 g/mol. The summed E-state index contributed by atoms with van der Waals surface area (Å²) in [6, 6.07) is 8.43. The highest BCUT2D eigenvalue weighted by atomic mass is 19.4. The Balaban J connectivity index is 1.61. The zero-order valence-electron chi connectivity index (χ0n) is 22.4. The Morgan fingerprint density at radius 1 is 1.12 bits per heavy atom. The fraction of sp³-hybridized carbons (Fsp3) is 0.357. The number of esters is 1. The zero-order valence-corrected chi connectivity index (χ0v) is 22.4. The standard InChI is InChI=1S/C28H28F6N4O4/c1-2-41-24(39)16-36-15-22(25(35)28(32,33)34)26(40)38-20-9-6-17(7-10-20)12-18-4-3-5-21(13-18)42-23-11-8-19(14-37-23)27(29,30)31/h3-5,8,11-15,20H,2,6-7,9-10,16,35H2,1H3,(H,38,40)/p+1/b17-12?,25-22+,36-15?. The first-order valence-corrected chi connectivity index (χ1v) is 12.9. The molecule has 0 aliphatic heterocycles. The summed E-state index contributed by atoms with van der Waals surface area (Å²) in [6.45, 7) is 1.22. The van der Waals surface area contributed by atoms with E-state index in [-0.39, 0.29) is 12.5 Å². The van der Waals surface area contributed by atoms with Crippen molar-refractivity contribution in [2.24, 2.45) is 5.73 Å². The molecule has 1 aliphatic rings. The molecule has 0 bridgehead atoms. The Morgan fingerprint density at radius 3 is 2.43 bits per heavy atom. The zero-order chi connectivity index (χ0) is 30.9. The first-order valence-electron chi connectivity index (χ1n) is 12.9. The SMILES string of the molecule is CCOC(=O)C[NH+]=C/C(C(=O)NC1CCC(=Cc2cccc(Oc3ccc(C(F)(F)F)cn3)c2)CC1)=C(\N)C(F)(F)F. The summed E-state index contributed by atoms with van der Waals surface area (Å²) in [5.41, 5.74) is 3.67. The van der Waals surface area contributed by atoms with Gasteiger partial charge in [-0.2, -0.15) is 26.3 Å². The van der Waals surface area contributed by atoms with E-state index in [0.29, 0.717) is 37.6 Å². The average molecular weight is 600 g/mol. The molecule has 4 N–H and O–H groups in total. The van der Waals surface area contributed by atoms with Gasteiger partial charge >= 0.3 is 18.3 Å². The average Bonchev–Trinajstić information content (AvgIpc) is 2.91. The molecule has 0 saturated heterocycles. The van der Waals surface area contributed by atoms with Crippen LogP contribution in [-0.2, 0) is 20.5 Å². The highest BCUT2D eigenvalue weighted by molar-refractivity contribution is 6.11. The second-order valence-corrected chi connectivity index (χ2v) is 9.26. The maximum Gasteiger partial charge on any atom is 0.431 e. The van der Waals surface area contributed by atoms with Crippen molar-refractivity contribution in [1.82, 2.24) is 10.3 Å². The fourth-order valence-corrected chi connectivity index (χ4v) is 4.04.